The molecule has 4 nitrogen and oxygen atoms in total. The van der Waals surface area contributed by atoms with E-state index in [2.05, 4.69) is 15.0 Å². The number of pyridine rings is 1. The zero-order valence-corrected chi connectivity index (χ0v) is 11.6. The monoisotopic (exact) mass is 292 g/mol. The minimum absolute atomic E-state index is 0.0278. The van der Waals surface area contributed by atoms with E-state index >= 15 is 0 Å². The number of carbonyl (C=O) groups is 1. The number of ether oxygens (including phenoxy) is 1. The van der Waals surface area contributed by atoms with E-state index in [9.17, 15) is 13.6 Å². The molecule has 1 heterocycles. The number of rotatable bonds is 4. The summed E-state index contributed by atoms with van der Waals surface area (Å²) in [5, 5.41) is 2.83. The van der Waals surface area contributed by atoms with Crippen molar-refractivity contribution in [1.29, 1.82) is 0 Å². The van der Waals surface area contributed by atoms with Crippen LogP contribution in [-0.4, -0.2) is 18.1 Å². The SMILES string of the molecule is COC(=O)c1cc(NCc2cnccc2C)c(F)cc1F. The second-order valence-electron chi connectivity index (χ2n) is 4.46. The highest BCUT2D eigenvalue weighted by molar-refractivity contribution is 5.90. The van der Waals surface area contributed by atoms with Gasteiger partial charge in [0.05, 0.1) is 18.4 Å². The van der Waals surface area contributed by atoms with Gasteiger partial charge in [0.15, 0.2) is 0 Å². The quantitative estimate of drug-likeness (QED) is 0.880. The number of anilines is 1. The summed E-state index contributed by atoms with van der Waals surface area (Å²) < 4.78 is 31.7. The molecule has 0 unspecified atom stereocenters. The van der Waals surface area contributed by atoms with E-state index in [-0.39, 0.29) is 11.3 Å². The van der Waals surface area contributed by atoms with Crippen molar-refractivity contribution in [2.45, 2.75) is 13.5 Å². The highest BCUT2D eigenvalue weighted by Crippen LogP contribution is 2.21. The Morgan fingerprint density at radius 3 is 2.76 bits per heavy atom. The zero-order chi connectivity index (χ0) is 15.4. The lowest BCUT2D eigenvalue weighted by atomic mass is 10.1. The van der Waals surface area contributed by atoms with Crippen LogP contribution in [-0.2, 0) is 11.3 Å². The summed E-state index contributed by atoms with van der Waals surface area (Å²) in [6, 6.07) is 3.59. The average Bonchev–Trinajstić information content (AvgIpc) is 2.47. The van der Waals surface area contributed by atoms with Crippen molar-refractivity contribution in [1.82, 2.24) is 4.98 Å². The van der Waals surface area contributed by atoms with Gasteiger partial charge in [-0.25, -0.2) is 13.6 Å². The van der Waals surface area contributed by atoms with Gasteiger partial charge >= 0.3 is 5.97 Å². The maximum atomic E-state index is 13.7. The van der Waals surface area contributed by atoms with Crippen LogP contribution in [0.3, 0.4) is 0 Å². The van der Waals surface area contributed by atoms with E-state index in [0.29, 0.717) is 12.6 Å². The number of benzene rings is 1. The van der Waals surface area contributed by atoms with Crippen LogP contribution < -0.4 is 5.32 Å². The van der Waals surface area contributed by atoms with Crippen LogP contribution in [0.5, 0.6) is 0 Å². The molecule has 0 aliphatic rings. The van der Waals surface area contributed by atoms with Gasteiger partial charge in [0, 0.05) is 25.0 Å². The molecule has 0 atom stereocenters. The molecule has 0 saturated carbocycles. The predicted molar refractivity (Wildman–Crippen MR) is 74.0 cm³/mol. The van der Waals surface area contributed by atoms with Gasteiger partial charge in [-0.05, 0) is 30.2 Å². The van der Waals surface area contributed by atoms with Gasteiger partial charge in [0.25, 0.3) is 0 Å². The van der Waals surface area contributed by atoms with Gasteiger partial charge in [-0.2, -0.15) is 0 Å². The molecule has 2 rings (SSSR count). The summed E-state index contributed by atoms with van der Waals surface area (Å²) in [5.74, 6) is -2.59. The number of nitrogens with zero attached hydrogens (tertiary/aromatic N) is 1. The van der Waals surface area contributed by atoms with Crippen LogP contribution >= 0.6 is 0 Å². The molecular weight excluding hydrogens is 278 g/mol. The molecule has 2 aromatic rings. The Labute approximate surface area is 120 Å². The molecule has 0 radical (unpaired) electrons. The molecular formula is C15H14F2N2O2. The summed E-state index contributed by atoms with van der Waals surface area (Å²) in [4.78, 5) is 15.4. The van der Waals surface area contributed by atoms with Crippen LogP contribution in [0.15, 0.2) is 30.6 Å². The first kappa shape index (κ1) is 14.9. The second-order valence-corrected chi connectivity index (χ2v) is 4.46. The molecule has 6 heteroatoms. The molecule has 0 saturated heterocycles. The Morgan fingerprint density at radius 2 is 2.10 bits per heavy atom. The first-order valence-electron chi connectivity index (χ1n) is 6.23. The van der Waals surface area contributed by atoms with E-state index in [1.807, 2.05) is 13.0 Å². The summed E-state index contributed by atoms with van der Waals surface area (Å²) in [7, 11) is 1.14. The van der Waals surface area contributed by atoms with Crippen molar-refractivity contribution in [3.05, 3.63) is 58.9 Å². The van der Waals surface area contributed by atoms with Gasteiger partial charge < -0.3 is 10.1 Å². The number of esters is 1. The van der Waals surface area contributed by atoms with Crippen LogP contribution in [0.1, 0.15) is 21.5 Å². The smallest absolute Gasteiger partial charge is 0.340 e. The van der Waals surface area contributed by atoms with E-state index in [1.165, 1.54) is 0 Å². The molecule has 1 aromatic heterocycles. The van der Waals surface area contributed by atoms with Crippen molar-refractivity contribution in [3.8, 4) is 0 Å². The highest BCUT2D eigenvalue weighted by Gasteiger charge is 2.16. The number of hydrogen-bond donors (Lipinski definition) is 1. The van der Waals surface area contributed by atoms with Crippen molar-refractivity contribution in [2.24, 2.45) is 0 Å². The number of methoxy groups -OCH3 is 1. The van der Waals surface area contributed by atoms with Crippen LogP contribution in [0.25, 0.3) is 0 Å². The predicted octanol–water partition coefficient (Wildman–Crippen LogP) is 3.07. The number of aryl methyl sites for hydroxylation is 1. The third-order valence-electron chi connectivity index (χ3n) is 3.08. The molecule has 0 amide bonds. The summed E-state index contributed by atoms with van der Waals surface area (Å²) >= 11 is 0. The fraction of sp³-hybridized carbons (Fsp3) is 0.200. The number of nitrogens with one attached hydrogen (secondary N) is 1. The zero-order valence-electron chi connectivity index (χ0n) is 11.6. The lowest BCUT2D eigenvalue weighted by Gasteiger charge is -2.11. The third-order valence-corrected chi connectivity index (χ3v) is 3.08. The lowest BCUT2D eigenvalue weighted by Crippen LogP contribution is -2.09. The van der Waals surface area contributed by atoms with Crippen molar-refractivity contribution in [2.75, 3.05) is 12.4 Å². The maximum absolute atomic E-state index is 13.7. The standard InChI is InChI=1S/C15H14F2N2O2/c1-9-3-4-18-7-10(9)8-19-14-5-11(15(20)21-2)12(16)6-13(14)17/h3-7,19H,8H2,1-2H3. The number of hydrogen-bond acceptors (Lipinski definition) is 4. The van der Waals surface area contributed by atoms with E-state index in [1.54, 1.807) is 12.4 Å². The molecule has 0 aliphatic heterocycles. The van der Waals surface area contributed by atoms with E-state index in [4.69, 9.17) is 0 Å². The molecule has 0 spiro atoms. The number of halogens is 2. The topological polar surface area (TPSA) is 51.2 Å². The fourth-order valence-corrected chi connectivity index (χ4v) is 1.82. The summed E-state index contributed by atoms with van der Waals surface area (Å²) in [6.07, 6.45) is 3.32. The second kappa shape index (κ2) is 6.30. The third kappa shape index (κ3) is 3.34. The van der Waals surface area contributed by atoms with Gasteiger partial charge in [-0.15, -0.1) is 0 Å². The van der Waals surface area contributed by atoms with Gasteiger partial charge in [-0.1, -0.05) is 0 Å². The fourth-order valence-electron chi connectivity index (χ4n) is 1.82. The Hall–Kier alpha value is -2.50. The summed E-state index contributed by atoms with van der Waals surface area (Å²) in [6.45, 7) is 2.21. The maximum Gasteiger partial charge on any atom is 0.340 e. The van der Waals surface area contributed by atoms with E-state index in [0.717, 1.165) is 24.3 Å². The highest BCUT2D eigenvalue weighted by atomic mass is 19.1. The van der Waals surface area contributed by atoms with Crippen molar-refractivity contribution in [3.63, 3.8) is 0 Å². The largest absolute Gasteiger partial charge is 0.465 e. The van der Waals surface area contributed by atoms with Gasteiger partial charge in [0.2, 0.25) is 0 Å². The van der Waals surface area contributed by atoms with Crippen LogP contribution in [0.4, 0.5) is 14.5 Å². The Kier molecular flexibility index (Phi) is 4.47. The van der Waals surface area contributed by atoms with Gasteiger partial charge in [-0.3, -0.25) is 4.98 Å². The van der Waals surface area contributed by atoms with Gasteiger partial charge in [0.1, 0.15) is 11.6 Å². The normalized spacial score (nSPS) is 10.3. The molecule has 0 fully saturated rings. The molecule has 110 valence electrons. The minimum Gasteiger partial charge on any atom is -0.465 e. The number of aromatic nitrogens is 1. The Morgan fingerprint density at radius 1 is 1.33 bits per heavy atom. The van der Waals surface area contributed by atoms with Crippen molar-refractivity contribution >= 4 is 11.7 Å². The average molecular weight is 292 g/mol. The molecule has 0 aliphatic carbocycles. The molecule has 1 N–H and O–H groups in total. The van der Waals surface area contributed by atoms with Crippen molar-refractivity contribution < 1.29 is 18.3 Å². The first-order valence-corrected chi connectivity index (χ1v) is 6.23. The first-order chi connectivity index (χ1) is 10.0. The molecule has 21 heavy (non-hydrogen) atoms. The van der Waals surface area contributed by atoms with Crippen LogP contribution in [0.2, 0.25) is 0 Å². The lowest BCUT2D eigenvalue weighted by molar-refractivity contribution is 0.0595. The minimum atomic E-state index is -0.956. The number of carbonyl (C=O) groups excluding carboxylic acids is 1. The Bertz CT molecular complexity index is 675. The molecule has 1 aromatic carbocycles. The summed E-state index contributed by atoms with van der Waals surface area (Å²) in [5.41, 5.74) is 1.58. The van der Waals surface area contributed by atoms with Crippen LogP contribution in [0, 0.1) is 18.6 Å². The molecule has 0 bridgehead atoms. The van der Waals surface area contributed by atoms with E-state index < -0.39 is 17.6 Å². The Balaban J connectivity index is 2.24.